The molecule has 0 radical (unpaired) electrons. The van der Waals surface area contributed by atoms with Gasteiger partial charge in [-0.1, -0.05) is 45.0 Å². The van der Waals surface area contributed by atoms with Gasteiger partial charge in [0.05, 0.1) is 16.1 Å². The number of carbonyl (C=O) groups is 1. The number of hydrogen-bond acceptors (Lipinski definition) is 3. The van der Waals surface area contributed by atoms with Gasteiger partial charge in [0, 0.05) is 17.8 Å². The summed E-state index contributed by atoms with van der Waals surface area (Å²) < 4.78 is 51.5. The van der Waals surface area contributed by atoms with E-state index in [4.69, 9.17) is 0 Å². The van der Waals surface area contributed by atoms with Crippen molar-refractivity contribution in [1.82, 2.24) is 0 Å². The minimum atomic E-state index is -2.47. The number of nitrogens with zero attached hydrogens (tertiary/aromatic N) is 1. The van der Waals surface area contributed by atoms with E-state index in [1.54, 1.807) is 4.90 Å². The van der Waals surface area contributed by atoms with E-state index in [1.807, 2.05) is 37.3 Å². The highest BCUT2D eigenvalue weighted by Crippen LogP contribution is 2.37. The van der Waals surface area contributed by atoms with Crippen molar-refractivity contribution in [1.29, 1.82) is 0 Å². The maximum Gasteiger partial charge on any atom is 0.338 e. The minimum absolute atomic E-state index is 0.0348. The fourth-order valence-electron chi connectivity index (χ4n) is 3.42. The van der Waals surface area contributed by atoms with Crippen LogP contribution < -0.4 is 4.90 Å². The summed E-state index contributed by atoms with van der Waals surface area (Å²) in [4.78, 5) is 13.1. The highest BCUT2D eigenvalue weighted by molar-refractivity contribution is 7.79. The van der Waals surface area contributed by atoms with E-state index in [0.29, 0.717) is 12.5 Å². The van der Waals surface area contributed by atoms with Crippen LogP contribution in [0.15, 0.2) is 65.6 Å². The van der Waals surface area contributed by atoms with Gasteiger partial charge in [-0.2, -0.15) is 0 Å². The molecule has 0 aromatic heterocycles. The molecule has 174 valence electrons. The molecule has 3 aromatic carbocycles. The summed E-state index contributed by atoms with van der Waals surface area (Å²) in [5.74, 6) is -2.66. The Balaban J connectivity index is 2.20. The third kappa shape index (κ3) is 5.46. The average molecular weight is 474 g/mol. The summed E-state index contributed by atoms with van der Waals surface area (Å²) >= 11 is -2.47. The molecule has 0 saturated carbocycles. The number of hydrogen-bond donors (Lipinski definition) is 2. The molecule has 0 aliphatic heterocycles. The van der Waals surface area contributed by atoms with Gasteiger partial charge in [-0.25, -0.2) is 17.8 Å². The summed E-state index contributed by atoms with van der Waals surface area (Å²) in [6, 6.07) is 14.7. The van der Waals surface area contributed by atoms with Gasteiger partial charge in [-0.05, 0) is 53.8 Å². The molecule has 0 spiro atoms. The topological polar surface area (TPSA) is 77.8 Å². The number of halogens is 2. The number of benzene rings is 3. The van der Waals surface area contributed by atoms with Crippen LogP contribution in [0.2, 0.25) is 0 Å². The molecule has 0 saturated heterocycles. The van der Waals surface area contributed by atoms with Gasteiger partial charge >= 0.3 is 5.97 Å². The lowest BCUT2D eigenvalue weighted by Gasteiger charge is -2.31. The van der Waals surface area contributed by atoms with E-state index >= 15 is 4.39 Å². The first-order valence-corrected chi connectivity index (χ1v) is 11.5. The molecule has 0 heterocycles. The molecule has 2 atom stereocenters. The number of carboxylic acid groups (broad SMARTS) is 1. The lowest BCUT2D eigenvalue weighted by atomic mass is 9.96. The summed E-state index contributed by atoms with van der Waals surface area (Å²) in [5, 5.41) is 9.19. The largest absolute Gasteiger partial charge is 0.478 e. The highest BCUT2D eigenvalue weighted by atomic mass is 32.2. The van der Waals surface area contributed by atoms with Crippen LogP contribution in [0.4, 0.5) is 20.2 Å². The normalized spacial score (nSPS) is 13.1. The Morgan fingerprint density at radius 3 is 2.24 bits per heavy atom. The van der Waals surface area contributed by atoms with Gasteiger partial charge in [-0.15, -0.1) is 0 Å². The Morgan fingerprint density at radius 2 is 1.67 bits per heavy atom. The van der Waals surface area contributed by atoms with Crippen molar-refractivity contribution in [2.45, 2.75) is 25.7 Å². The number of aromatic carboxylic acids is 1. The quantitative estimate of drug-likeness (QED) is 0.373. The van der Waals surface area contributed by atoms with Crippen molar-refractivity contribution >= 4 is 28.4 Å². The Bertz CT molecular complexity index is 1180. The first-order chi connectivity index (χ1) is 15.6. The molecule has 3 rings (SSSR count). The van der Waals surface area contributed by atoms with Crippen molar-refractivity contribution in [3.63, 3.8) is 0 Å². The van der Waals surface area contributed by atoms with Gasteiger partial charge in [0.25, 0.3) is 0 Å². The smallest absolute Gasteiger partial charge is 0.338 e. The van der Waals surface area contributed by atoms with E-state index in [9.17, 15) is 23.1 Å². The average Bonchev–Trinajstić information content (AvgIpc) is 2.77. The molecule has 8 heteroatoms. The lowest BCUT2D eigenvalue weighted by Crippen LogP contribution is -2.27. The third-order valence-corrected chi connectivity index (χ3v) is 6.42. The molecule has 0 amide bonds. The second kappa shape index (κ2) is 10.2. The molecule has 0 fully saturated rings. The van der Waals surface area contributed by atoms with Crippen LogP contribution in [0.3, 0.4) is 0 Å². The summed E-state index contributed by atoms with van der Waals surface area (Å²) in [7, 11) is 0. The van der Waals surface area contributed by atoms with Gasteiger partial charge in [0.15, 0.2) is 11.1 Å². The molecule has 33 heavy (non-hydrogen) atoms. The zero-order chi connectivity index (χ0) is 24.3. The zero-order valence-electron chi connectivity index (χ0n) is 18.5. The SMILES string of the molecule is CC(C)C(C)CN(c1ccccc1)c1cc(F)c(-c2ccc(F)c(C(=O)O)c2)cc1S(=O)O. The maximum atomic E-state index is 15.3. The first-order valence-electron chi connectivity index (χ1n) is 10.4. The van der Waals surface area contributed by atoms with E-state index in [-0.39, 0.29) is 27.6 Å². The monoisotopic (exact) mass is 473 g/mol. The number of anilines is 2. The van der Waals surface area contributed by atoms with Crippen LogP contribution in [0.1, 0.15) is 31.1 Å². The van der Waals surface area contributed by atoms with Crippen LogP contribution in [0, 0.1) is 23.5 Å². The minimum Gasteiger partial charge on any atom is -0.478 e. The fourth-order valence-corrected chi connectivity index (χ4v) is 3.99. The van der Waals surface area contributed by atoms with Crippen LogP contribution in [-0.2, 0) is 11.1 Å². The number of carboxylic acids is 1. The molecular formula is C25H25F2NO4S. The van der Waals surface area contributed by atoms with Gasteiger partial charge in [-0.3, -0.25) is 0 Å². The van der Waals surface area contributed by atoms with E-state index in [2.05, 4.69) is 13.8 Å². The van der Waals surface area contributed by atoms with Gasteiger partial charge in [0.1, 0.15) is 11.6 Å². The van der Waals surface area contributed by atoms with E-state index < -0.39 is 34.2 Å². The van der Waals surface area contributed by atoms with Crippen LogP contribution in [0.5, 0.6) is 0 Å². The molecule has 0 aliphatic rings. The fraction of sp³-hybridized carbons (Fsp3) is 0.240. The Morgan fingerprint density at radius 1 is 1.00 bits per heavy atom. The summed E-state index contributed by atoms with van der Waals surface area (Å²) in [6.07, 6.45) is 0. The van der Waals surface area contributed by atoms with Crippen molar-refractivity contribution in [3.8, 4) is 11.1 Å². The van der Waals surface area contributed by atoms with E-state index in [1.165, 1.54) is 18.2 Å². The molecule has 2 N–H and O–H groups in total. The molecule has 2 unspecified atom stereocenters. The van der Waals surface area contributed by atoms with Crippen molar-refractivity contribution < 1.29 is 27.4 Å². The molecular weight excluding hydrogens is 448 g/mol. The molecule has 5 nitrogen and oxygen atoms in total. The predicted molar refractivity (Wildman–Crippen MR) is 125 cm³/mol. The molecule has 0 bridgehead atoms. The van der Waals surface area contributed by atoms with Crippen LogP contribution in [0.25, 0.3) is 11.1 Å². The summed E-state index contributed by atoms with van der Waals surface area (Å²) in [6.45, 7) is 6.66. The Kier molecular flexibility index (Phi) is 7.61. The second-order valence-electron chi connectivity index (χ2n) is 8.22. The van der Waals surface area contributed by atoms with Crippen LogP contribution >= 0.6 is 0 Å². The number of para-hydroxylation sites is 1. The molecule has 0 aliphatic carbocycles. The third-order valence-electron chi connectivity index (χ3n) is 5.71. The molecule has 3 aromatic rings. The van der Waals surface area contributed by atoms with Crippen molar-refractivity contribution in [3.05, 3.63) is 77.9 Å². The van der Waals surface area contributed by atoms with Crippen molar-refractivity contribution in [2.24, 2.45) is 11.8 Å². The zero-order valence-corrected chi connectivity index (χ0v) is 19.3. The van der Waals surface area contributed by atoms with Crippen molar-refractivity contribution in [2.75, 3.05) is 11.4 Å². The van der Waals surface area contributed by atoms with Gasteiger partial charge in [0.2, 0.25) is 0 Å². The number of rotatable bonds is 8. The Hall–Kier alpha value is -3.10. The maximum absolute atomic E-state index is 15.3. The van der Waals surface area contributed by atoms with Crippen LogP contribution in [-0.4, -0.2) is 26.4 Å². The summed E-state index contributed by atoms with van der Waals surface area (Å²) in [5.41, 5.74) is 0.351. The second-order valence-corrected chi connectivity index (χ2v) is 9.15. The standard InChI is InChI=1S/C25H25F2NO4S/c1-15(2)16(3)14-28(18-7-5-4-6-8-18)23-13-22(27)19(12-24(23)33(31)32)17-9-10-21(26)20(11-17)25(29)30/h4-13,15-16H,14H2,1-3H3,(H,29,30)(H,31,32). The van der Waals surface area contributed by atoms with Gasteiger partial charge < -0.3 is 14.6 Å². The lowest BCUT2D eigenvalue weighted by molar-refractivity contribution is 0.0692. The first kappa shape index (κ1) is 24.5. The Labute approximate surface area is 194 Å². The highest BCUT2D eigenvalue weighted by Gasteiger charge is 2.24. The van der Waals surface area contributed by atoms with E-state index in [0.717, 1.165) is 17.8 Å². The predicted octanol–water partition coefficient (Wildman–Crippen LogP) is 6.34.